The van der Waals surface area contributed by atoms with E-state index in [1.54, 1.807) is 12.1 Å². The third-order valence-electron chi connectivity index (χ3n) is 7.10. The number of Topliss-reactive ketones (excluding diaryl/α,β-unsaturated/α-hetero) is 1. The van der Waals surface area contributed by atoms with Gasteiger partial charge < -0.3 is 24.2 Å². The monoisotopic (exact) mass is 543 g/mol. The molecule has 0 aromatic heterocycles. The van der Waals surface area contributed by atoms with Gasteiger partial charge >= 0.3 is 0 Å². The maximum atomic E-state index is 13.5. The number of aryl methyl sites for hydroxylation is 1. The van der Waals surface area contributed by atoms with Crippen LogP contribution in [0.4, 0.5) is 0 Å². The second kappa shape index (κ2) is 12.0. The summed E-state index contributed by atoms with van der Waals surface area (Å²) in [7, 11) is 3.04. The number of nitrogens with zero attached hydrogens (tertiary/aromatic N) is 1. The van der Waals surface area contributed by atoms with Crippen LogP contribution in [0.1, 0.15) is 54.6 Å². The minimum atomic E-state index is -0.832. The Morgan fingerprint density at radius 1 is 0.975 bits per heavy atom. The quantitative estimate of drug-likeness (QED) is 0.204. The van der Waals surface area contributed by atoms with Gasteiger partial charge in [0.2, 0.25) is 0 Å². The lowest BCUT2D eigenvalue weighted by atomic mass is 9.85. The highest BCUT2D eigenvalue weighted by molar-refractivity contribution is 6.46. The fourth-order valence-electron chi connectivity index (χ4n) is 4.78. The van der Waals surface area contributed by atoms with E-state index in [1.165, 1.54) is 24.7 Å². The van der Waals surface area contributed by atoms with Gasteiger partial charge in [0.25, 0.3) is 11.7 Å². The Bertz CT molecular complexity index is 1420. The minimum absolute atomic E-state index is 0.00106. The number of ether oxygens (including phenoxy) is 3. The van der Waals surface area contributed by atoms with Crippen LogP contribution in [0.3, 0.4) is 0 Å². The molecule has 1 unspecified atom stereocenters. The number of ketones is 1. The number of carbonyl (C=O) groups is 2. The number of hydrogen-bond donors (Lipinski definition) is 1. The summed E-state index contributed by atoms with van der Waals surface area (Å²) in [6.45, 7) is 8.99. The van der Waals surface area contributed by atoms with Crippen LogP contribution >= 0.6 is 0 Å². The molecule has 0 bridgehead atoms. The third-order valence-corrected chi connectivity index (χ3v) is 7.10. The zero-order chi connectivity index (χ0) is 29.0. The fraction of sp³-hybridized carbons (Fsp3) is 0.333. The molecule has 0 aliphatic carbocycles. The molecular weight excluding hydrogens is 506 g/mol. The molecule has 1 heterocycles. The van der Waals surface area contributed by atoms with Crippen molar-refractivity contribution in [2.45, 2.75) is 45.8 Å². The highest BCUT2D eigenvalue weighted by atomic mass is 16.5. The number of methoxy groups -OCH3 is 2. The molecule has 0 radical (unpaired) electrons. The van der Waals surface area contributed by atoms with E-state index >= 15 is 0 Å². The van der Waals surface area contributed by atoms with Crippen molar-refractivity contribution in [2.24, 2.45) is 0 Å². The van der Waals surface area contributed by atoms with Crippen molar-refractivity contribution >= 4 is 17.4 Å². The third kappa shape index (κ3) is 6.05. The molecule has 0 saturated carbocycles. The van der Waals surface area contributed by atoms with E-state index < -0.39 is 17.7 Å². The number of aliphatic hydroxyl groups is 1. The molecule has 1 amide bonds. The first-order valence-electron chi connectivity index (χ1n) is 13.3. The van der Waals surface area contributed by atoms with Crippen LogP contribution in [-0.2, 0) is 26.3 Å². The summed E-state index contributed by atoms with van der Waals surface area (Å²) in [5.74, 6) is -0.740. The Kier molecular flexibility index (Phi) is 8.64. The van der Waals surface area contributed by atoms with E-state index in [4.69, 9.17) is 14.2 Å². The first kappa shape index (κ1) is 28.9. The summed E-state index contributed by atoms with van der Waals surface area (Å²) in [5.41, 5.74) is 3.93. The first-order valence-corrected chi connectivity index (χ1v) is 13.3. The standard InChI is InChI=1S/C33H37NO6/c1-21-10-12-22(13-11-21)20-40-25-9-7-8-23(18-25)29-28(31(36)32(37)34(29)16-17-38-5)30(35)26-19-24(33(2,3)4)14-15-27(26)39-6/h7-15,18-19,29,35H,16-17,20H2,1-6H3/b30-28+. The molecule has 4 rings (SSSR count). The second-order valence-electron chi connectivity index (χ2n) is 11.0. The Labute approximate surface area is 236 Å². The maximum absolute atomic E-state index is 13.5. The van der Waals surface area contributed by atoms with E-state index in [0.29, 0.717) is 29.2 Å². The largest absolute Gasteiger partial charge is 0.507 e. The van der Waals surface area contributed by atoms with Gasteiger partial charge in [-0.05, 0) is 53.3 Å². The van der Waals surface area contributed by atoms with Crippen LogP contribution in [0.5, 0.6) is 11.5 Å². The molecule has 1 aliphatic rings. The Hall–Kier alpha value is -4.10. The predicted molar refractivity (Wildman–Crippen MR) is 155 cm³/mol. The van der Waals surface area contributed by atoms with Crippen molar-refractivity contribution in [3.05, 3.63) is 100 Å². The van der Waals surface area contributed by atoms with Crippen molar-refractivity contribution in [1.29, 1.82) is 0 Å². The summed E-state index contributed by atoms with van der Waals surface area (Å²) < 4.78 is 16.8. The summed E-state index contributed by atoms with van der Waals surface area (Å²) in [4.78, 5) is 28.2. The molecule has 1 atom stereocenters. The van der Waals surface area contributed by atoms with E-state index in [0.717, 1.165) is 11.1 Å². The summed E-state index contributed by atoms with van der Waals surface area (Å²) >= 11 is 0. The number of rotatable bonds is 9. The topological polar surface area (TPSA) is 85.3 Å². The Morgan fingerprint density at radius 3 is 2.35 bits per heavy atom. The predicted octanol–water partition coefficient (Wildman–Crippen LogP) is 5.95. The van der Waals surface area contributed by atoms with Crippen LogP contribution in [0.15, 0.2) is 72.3 Å². The van der Waals surface area contributed by atoms with Crippen molar-refractivity contribution < 1.29 is 28.9 Å². The molecule has 7 heteroatoms. The second-order valence-corrected chi connectivity index (χ2v) is 11.0. The van der Waals surface area contributed by atoms with Gasteiger partial charge in [0.15, 0.2) is 0 Å². The molecule has 3 aromatic rings. The maximum Gasteiger partial charge on any atom is 0.295 e. The molecule has 1 fully saturated rings. The molecule has 3 aromatic carbocycles. The van der Waals surface area contributed by atoms with Crippen molar-refractivity contribution in [2.75, 3.05) is 27.4 Å². The van der Waals surface area contributed by atoms with Crippen molar-refractivity contribution in [3.8, 4) is 11.5 Å². The fourth-order valence-corrected chi connectivity index (χ4v) is 4.78. The number of likely N-dealkylation sites (tertiary alicyclic amines) is 1. The van der Waals surface area contributed by atoms with Gasteiger partial charge in [0, 0.05) is 13.7 Å². The zero-order valence-corrected chi connectivity index (χ0v) is 24.0. The molecule has 210 valence electrons. The van der Waals surface area contributed by atoms with E-state index in [1.807, 2.05) is 61.5 Å². The molecule has 1 saturated heterocycles. The Morgan fingerprint density at radius 2 is 1.70 bits per heavy atom. The highest BCUT2D eigenvalue weighted by Crippen LogP contribution is 2.42. The SMILES string of the molecule is COCCN1C(=O)C(=O)/C(=C(/O)c2cc(C(C)(C)C)ccc2OC)C1c1cccc(OCc2ccc(C)cc2)c1. The van der Waals surface area contributed by atoms with Crippen LogP contribution in [0, 0.1) is 6.92 Å². The summed E-state index contributed by atoms with van der Waals surface area (Å²) in [6, 6.07) is 20.0. The summed E-state index contributed by atoms with van der Waals surface area (Å²) in [5, 5.41) is 11.7. The lowest BCUT2D eigenvalue weighted by molar-refractivity contribution is -0.140. The number of aliphatic hydroxyl groups excluding tert-OH is 1. The van der Waals surface area contributed by atoms with Gasteiger partial charge in [-0.2, -0.15) is 0 Å². The van der Waals surface area contributed by atoms with Gasteiger partial charge in [-0.3, -0.25) is 9.59 Å². The van der Waals surface area contributed by atoms with Crippen LogP contribution in [0.25, 0.3) is 5.76 Å². The van der Waals surface area contributed by atoms with Gasteiger partial charge in [0.05, 0.1) is 30.9 Å². The van der Waals surface area contributed by atoms with Gasteiger partial charge in [-0.1, -0.05) is 68.8 Å². The molecule has 7 nitrogen and oxygen atoms in total. The number of amides is 1. The Balaban J connectivity index is 1.80. The smallest absolute Gasteiger partial charge is 0.295 e. The number of hydrogen-bond acceptors (Lipinski definition) is 6. The molecule has 1 N–H and O–H groups in total. The van der Waals surface area contributed by atoms with E-state index in [-0.39, 0.29) is 29.9 Å². The van der Waals surface area contributed by atoms with Crippen LogP contribution in [0.2, 0.25) is 0 Å². The number of benzene rings is 3. The van der Waals surface area contributed by atoms with Gasteiger partial charge in [-0.25, -0.2) is 0 Å². The lowest BCUT2D eigenvalue weighted by Crippen LogP contribution is -2.32. The van der Waals surface area contributed by atoms with E-state index in [2.05, 4.69) is 20.8 Å². The first-order chi connectivity index (χ1) is 19.0. The molecule has 40 heavy (non-hydrogen) atoms. The van der Waals surface area contributed by atoms with Crippen LogP contribution < -0.4 is 9.47 Å². The average molecular weight is 544 g/mol. The molecule has 0 spiro atoms. The van der Waals surface area contributed by atoms with Gasteiger partial charge in [-0.15, -0.1) is 0 Å². The molecular formula is C33H37NO6. The van der Waals surface area contributed by atoms with E-state index in [9.17, 15) is 14.7 Å². The van der Waals surface area contributed by atoms with Crippen molar-refractivity contribution in [1.82, 2.24) is 4.90 Å². The highest BCUT2D eigenvalue weighted by Gasteiger charge is 2.46. The van der Waals surface area contributed by atoms with Crippen LogP contribution in [-0.4, -0.2) is 49.1 Å². The summed E-state index contributed by atoms with van der Waals surface area (Å²) in [6.07, 6.45) is 0. The molecule has 1 aliphatic heterocycles. The average Bonchev–Trinajstić information content (AvgIpc) is 3.19. The normalized spacial score (nSPS) is 16.9. The minimum Gasteiger partial charge on any atom is -0.507 e. The van der Waals surface area contributed by atoms with Gasteiger partial charge in [0.1, 0.15) is 23.9 Å². The van der Waals surface area contributed by atoms with Crippen molar-refractivity contribution in [3.63, 3.8) is 0 Å². The lowest BCUT2D eigenvalue weighted by Gasteiger charge is -2.26. The number of carbonyl (C=O) groups excluding carboxylic acids is 2. The zero-order valence-electron chi connectivity index (χ0n) is 24.0.